The maximum absolute atomic E-state index is 12.3. The summed E-state index contributed by atoms with van der Waals surface area (Å²) in [5, 5.41) is 1.01. The van der Waals surface area contributed by atoms with Crippen LogP contribution in [0.25, 0.3) is 0 Å². The average Bonchev–Trinajstić information content (AvgIpc) is 2.92. The smallest absolute Gasteiger partial charge is 0.276 e. The number of carbonyl (C=O) groups excluding carboxylic acids is 1. The lowest BCUT2D eigenvalue weighted by Gasteiger charge is -2.23. The molecular weight excluding hydrogens is 262 g/mol. The highest BCUT2D eigenvalue weighted by Crippen LogP contribution is 2.27. The Hall–Kier alpha value is -1.69. The zero-order chi connectivity index (χ0) is 14.2. The molecule has 0 spiro atoms. The van der Waals surface area contributed by atoms with Crippen LogP contribution in [-0.2, 0) is 0 Å². The lowest BCUT2D eigenvalue weighted by atomic mass is 10.2. The first-order chi connectivity index (χ1) is 8.91. The number of amides is 1. The van der Waals surface area contributed by atoms with E-state index in [-0.39, 0.29) is 11.9 Å². The third kappa shape index (κ3) is 2.53. The first kappa shape index (κ1) is 13.7. The molecule has 19 heavy (non-hydrogen) atoms. The van der Waals surface area contributed by atoms with Gasteiger partial charge in [0.1, 0.15) is 5.76 Å². The van der Waals surface area contributed by atoms with Crippen molar-refractivity contribution in [3.63, 3.8) is 0 Å². The van der Waals surface area contributed by atoms with Gasteiger partial charge in [-0.1, -0.05) is 0 Å². The second kappa shape index (κ2) is 5.13. The van der Waals surface area contributed by atoms with E-state index in [0.29, 0.717) is 11.5 Å². The fourth-order valence-electron chi connectivity index (χ4n) is 1.97. The molecule has 0 aliphatic heterocycles. The number of rotatable bonds is 3. The third-order valence-electron chi connectivity index (χ3n) is 3.18. The molecule has 0 aliphatic rings. The Bertz CT molecular complexity index is 603. The van der Waals surface area contributed by atoms with Crippen LogP contribution in [0.4, 0.5) is 0 Å². The van der Waals surface area contributed by atoms with Crippen molar-refractivity contribution >= 4 is 17.2 Å². The van der Waals surface area contributed by atoms with E-state index in [4.69, 9.17) is 4.42 Å². The molecule has 102 valence electrons. The monoisotopic (exact) mass is 279 g/mol. The van der Waals surface area contributed by atoms with E-state index in [1.54, 1.807) is 30.2 Å². The van der Waals surface area contributed by atoms with Crippen LogP contribution in [0.1, 0.15) is 44.8 Å². The van der Waals surface area contributed by atoms with Gasteiger partial charge in [0.05, 0.1) is 16.7 Å². The van der Waals surface area contributed by atoms with Gasteiger partial charge >= 0.3 is 0 Å². The summed E-state index contributed by atoms with van der Waals surface area (Å²) in [6.07, 6.45) is 1.29. The number of oxazole rings is 1. The molecule has 0 fully saturated rings. The minimum atomic E-state index is -0.149. The lowest BCUT2D eigenvalue weighted by molar-refractivity contribution is 0.0732. The van der Waals surface area contributed by atoms with E-state index >= 15 is 0 Å². The molecule has 6 heteroatoms. The van der Waals surface area contributed by atoms with Crippen molar-refractivity contribution in [1.29, 1.82) is 0 Å². The second-order valence-corrected chi connectivity index (χ2v) is 5.93. The Kier molecular flexibility index (Phi) is 3.71. The summed E-state index contributed by atoms with van der Waals surface area (Å²) in [5.74, 6) is 0.388. The SMILES string of the molecule is Cc1nc([C@H](C)N(C)C(=O)c2ncoc2C)c(C)s1. The molecule has 0 unspecified atom stereocenters. The topological polar surface area (TPSA) is 59.2 Å². The average molecular weight is 279 g/mol. The summed E-state index contributed by atoms with van der Waals surface area (Å²) in [4.78, 5) is 23.6. The summed E-state index contributed by atoms with van der Waals surface area (Å²) in [7, 11) is 1.76. The van der Waals surface area contributed by atoms with Crippen LogP contribution in [0.3, 0.4) is 0 Å². The Balaban J connectivity index is 2.24. The number of aryl methyl sites for hydroxylation is 3. The molecule has 2 rings (SSSR count). The molecule has 0 bridgehead atoms. The predicted molar refractivity (Wildman–Crippen MR) is 73.3 cm³/mol. The van der Waals surface area contributed by atoms with Crippen LogP contribution in [0.5, 0.6) is 0 Å². The molecule has 0 saturated heterocycles. The molecule has 2 aromatic heterocycles. The van der Waals surface area contributed by atoms with E-state index in [1.165, 1.54) is 6.39 Å². The number of carbonyl (C=O) groups is 1. The third-order valence-corrected chi connectivity index (χ3v) is 4.09. The van der Waals surface area contributed by atoms with Gasteiger partial charge in [0, 0.05) is 11.9 Å². The molecule has 0 aliphatic carbocycles. The molecule has 0 N–H and O–H groups in total. The quantitative estimate of drug-likeness (QED) is 0.866. The molecule has 2 heterocycles. The van der Waals surface area contributed by atoms with E-state index in [2.05, 4.69) is 9.97 Å². The Morgan fingerprint density at radius 2 is 2.11 bits per heavy atom. The van der Waals surface area contributed by atoms with E-state index in [1.807, 2.05) is 20.8 Å². The van der Waals surface area contributed by atoms with Gasteiger partial charge in [-0.25, -0.2) is 9.97 Å². The van der Waals surface area contributed by atoms with Crippen molar-refractivity contribution in [2.75, 3.05) is 7.05 Å². The number of nitrogens with zero attached hydrogens (tertiary/aromatic N) is 3. The number of hydrogen-bond acceptors (Lipinski definition) is 5. The highest BCUT2D eigenvalue weighted by Gasteiger charge is 2.25. The summed E-state index contributed by atoms with van der Waals surface area (Å²) in [6.45, 7) is 7.69. The van der Waals surface area contributed by atoms with E-state index in [9.17, 15) is 4.79 Å². The molecule has 1 amide bonds. The van der Waals surface area contributed by atoms with Gasteiger partial charge in [-0.2, -0.15) is 0 Å². The van der Waals surface area contributed by atoms with Crippen LogP contribution < -0.4 is 0 Å². The van der Waals surface area contributed by atoms with Crippen molar-refractivity contribution in [2.24, 2.45) is 0 Å². The molecule has 2 aromatic rings. The molecule has 1 atom stereocenters. The van der Waals surface area contributed by atoms with Crippen LogP contribution >= 0.6 is 11.3 Å². The van der Waals surface area contributed by atoms with Gasteiger partial charge < -0.3 is 9.32 Å². The van der Waals surface area contributed by atoms with Crippen molar-refractivity contribution in [3.05, 3.63) is 33.4 Å². The van der Waals surface area contributed by atoms with Crippen molar-refractivity contribution in [2.45, 2.75) is 33.7 Å². The zero-order valence-electron chi connectivity index (χ0n) is 11.7. The second-order valence-electron chi connectivity index (χ2n) is 4.52. The van der Waals surface area contributed by atoms with Gasteiger partial charge in [0.2, 0.25) is 0 Å². The van der Waals surface area contributed by atoms with E-state index < -0.39 is 0 Å². The molecule has 0 aromatic carbocycles. The molecule has 5 nitrogen and oxygen atoms in total. The maximum Gasteiger partial charge on any atom is 0.276 e. The summed E-state index contributed by atoms with van der Waals surface area (Å²) < 4.78 is 5.08. The Morgan fingerprint density at radius 3 is 2.58 bits per heavy atom. The largest absolute Gasteiger partial charge is 0.448 e. The highest BCUT2D eigenvalue weighted by atomic mass is 32.1. The number of thiazole rings is 1. The minimum Gasteiger partial charge on any atom is -0.448 e. The molecule has 0 saturated carbocycles. The highest BCUT2D eigenvalue weighted by molar-refractivity contribution is 7.11. The Morgan fingerprint density at radius 1 is 1.42 bits per heavy atom. The first-order valence-electron chi connectivity index (χ1n) is 6.03. The summed E-state index contributed by atoms with van der Waals surface area (Å²) in [5.41, 5.74) is 1.30. The van der Waals surface area contributed by atoms with Gasteiger partial charge in [-0.15, -0.1) is 11.3 Å². The van der Waals surface area contributed by atoms with E-state index in [0.717, 1.165) is 15.6 Å². The maximum atomic E-state index is 12.3. The fourth-order valence-corrected chi connectivity index (χ4v) is 2.88. The Labute approximate surface area is 116 Å². The lowest BCUT2D eigenvalue weighted by Crippen LogP contribution is -2.30. The summed E-state index contributed by atoms with van der Waals surface area (Å²) >= 11 is 1.64. The van der Waals surface area contributed by atoms with Crippen molar-refractivity contribution < 1.29 is 9.21 Å². The van der Waals surface area contributed by atoms with Crippen molar-refractivity contribution in [1.82, 2.24) is 14.9 Å². The van der Waals surface area contributed by atoms with Crippen molar-refractivity contribution in [3.8, 4) is 0 Å². The van der Waals surface area contributed by atoms with Crippen LogP contribution in [-0.4, -0.2) is 27.8 Å². The zero-order valence-corrected chi connectivity index (χ0v) is 12.5. The van der Waals surface area contributed by atoms with Crippen LogP contribution in [0, 0.1) is 20.8 Å². The number of hydrogen-bond donors (Lipinski definition) is 0. The van der Waals surface area contributed by atoms with Crippen LogP contribution in [0.2, 0.25) is 0 Å². The van der Waals surface area contributed by atoms with Crippen LogP contribution in [0.15, 0.2) is 10.8 Å². The van der Waals surface area contributed by atoms with Gasteiger partial charge in [0.15, 0.2) is 12.1 Å². The molecule has 0 radical (unpaired) electrons. The fraction of sp³-hybridized carbons (Fsp3) is 0.462. The minimum absolute atomic E-state index is 0.0893. The summed E-state index contributed by atoms with van der Waals surface area (Å²) in [6, 6.07) is -0.0893. The number of aromatic nitrogens is 2. The standard InChI is InChI=1S/C13H17N3O2S/c1-7(11-9(3)19-10(4)15-11)16(5)13(17)12-8(2)18-6-14-12/h6-7H,1-5H3/t7-/m0/s1. The molecular formula is C13H17N3O2S. The first-order valence-corrected chi connectivity index (χ1v) is 6.84. The predicted octanol–water partition coefficient (Wildman–Crippen LogP) is 2.89. The van der Waals surface area contributed by atoms with Gasteiger partial charge in [0.25, 0.3) is 5.91 Å². The van der Waals surface area contributed by atoms with Gasteiger partial charge in [-0.05, 0) is 27.7 Å². The normalized spacial score (nSPS) is 12.5. The van der Waals surface area contributed by atoms with Gasteiger partial charge in [-0.3, -0.25) is 4.79 Å².